The standard InChI is InChI=1S/C19H24N6O3S/c1-13-21-11-14(18(27)24-6-8-28-9-7-24)17(22-13)15-3-2-5-25(15)12-16(26)23-19-20-4-10-29-19/h4,10-11,15H,2-3,5-9,12H2,1H3,(H,20,23,26). The van der Waals surface area contributed by atoms with Gasteiger partial charge in [0.2, 0.25) is 5.91 Å². The van der Waals surface area contributed by atoms with Gasteiger partial charge in [0.05, 0.1) is 37.1 Å². The third kappa shape index (κ3) is 4.60. The summed E-state index contributed by atoms with van der Waals surface area (Å²) in [5.74, 6) is 0.443. The molecule has 0 radical (unpaired) electrons. The van der Waals surface area contributed by atoms with Crippen LogP contribution in [-0.4, -0.2) is 76.0 Å². The van der Waals surface area contributed by atoms with Crippen LogP contribution in [0.2, 0.25) is 0 Å². The average molecular weight is 417 g/mol. The minimum absolute atomic E-state index is 0.0672. The number of thiazole rings is 1. The van der Waals surface area contributed by atoms with Crippen molar-refractivity contribution in [2.24, 2.45) is 0 Å². The molecule has 2 aliphatic rings. The molecule has 2 amide bonds. The number of nitrogens with one attached hydrogen (secondary N) is 1. The summed E-state index contributed by atoms with van der Waals surface area (Å²) in [6.07, 6.45) is 5.08. The van der Waals surface area contributed by atoms with Gasteiger partial charge in [0.1, 0.15) is 5.82 Å². The quantitative estimate of drug-likeness (QED) is 0.788. The van der Waals surface area contributed by atoms with Crippen LogP contribution in [0.25, 0.3) is 0 Å². The van der Waals surface area contributed by atoms with Gasteiger partial charge < -0.3 is 15.0 Å². The van der Waals surface area contributed by atoms with Crippen molar-refractivity contribution in [3.63, 3.8) is 0 Å². The van der Waals surface area contributed by atoms with Crippen LogP contribution in [0, 0.1) is 6.92 Å². The van der Waals surface area contributed by atoms with E-state index in [1.54, 1.807) is 17.3 Å². The molecule has 9 nitrogen and oxygen atoms in total. The van der Waals surface area contributed by atoms with Crippen molar-refractivity contribution >= 4 is 28.3 Å². The van der Waals surface area contributed by atoms with Gasteiger partial charge in [-0.3, -0.25) is 14.5 Å². The van der Waals surface area contributed by atoms with E-state index in [1.807, 2.05) is 12.3 Å². The molecule has 29 heavy (non-hydrogen) atoms. The zero-order valence-electron chi connectivity index (χ0n) is 16.3. The number of amides is 2. The van der Waals surface area contributed by atoms with Crippen LogP contribution < -0.4 is 5.32 Å². The highest BCUT2D eigenvalue weighted by Crippen LogP contribution is 2.33. The smallest absolute Gasteiger partial charge is 0.257 e. The van der Waals surface area contributed by atoms with E-state index in [2.05, 4.69) is 25.2 Å². The Hall–Kier alpha value is -2.43. The summed E-state index contributed by atoms with van der Waals surface area (Å²) in [4.78, 5) is 42.4. The number of hydrogen-bond acceptors (Lipinski definition) is 8. The van der Waals surface area contributed by atoms with Gasteiger partial charge >= 0.3 is 0 Å². The second kappa shape index (κ2) is 8.93. The predicted molar refractivity (Wildman–Crippen MR) is 108 cm³/mol. The van der Waals surface area contributed by atoms with E-state index in [0.717, 1.165) is 19.4 Å². The first-order valence-electron chi connectivity index (χ1n) is 9.76. The fraction of sp³-hybridized carbons (Fsp3) is 0.526. The van der Waals surface area contributed by atoms with E-state index >= 15 is 0 Å². The predicted octanol–water partition coefficient (Wildman–Crippen LogP) is 1.49. The molecule has 2 saturated heterocycles. The molecule has 1 N–H and O–H groups in total. The largest absolute Gasteiger partial charge is 0.378 e. The number of aromatic nitrogens is 3. The zero-order chi connectivity index (χ0) is 20.2. The van der Waals surface area contributed by atoms with E-state index in [-0.39, 0.29) is 24.4 Å². The van der Waals surface area contributed by atoms with E-state index in [0.29, 0.717) is 48.5 Å². The summed E-state index contributed by atoms with van der Waals surface area (Å²) in [6.45, 7) is 5.05. The highest BCUT2D eigenvalue weighted by Gasteiger charge is 2.33. The molecule has 2 aromatic rings. The molecular formula is C19H24N6O3S. The van der Waals surface area contributed by atoms with Crippen molar-refractivity contribution < 1.29 is 14.3 Å². The summed E-state index contributed by atoms with van der Waals surface area (Å²) < 4.78 is 5.36. The van der Waals surface area contributed by atoms with Crippen molar-refractivity contribution in [2.75, 3.05) is 44.7 Å². The number of carbonyl (C=O) groups excluding carboxylic acids is 2. The van der Waals surface area contributed by atoms with Crippen LogP contribution in [-0.2, 0) is 9.53 Å². The van der Waals surface area contributed by atoms with Crippen LogP contribution in [0.5, 0.6) is 0 Å². The molecular weight excluding hydrogens is 392 g/mol. The first kappa shape index (κ1) is 19.9. The summed E-state index contributed by atoms with van der Waals surface area (Å²) in [5.41, 5.74) is 1.24. The van der Waals surface area contributed by atoms with Gasteiger partial charge in [-0.05, 0) is 26.3 Å². The molecule has 10 heteroatoms. The molecule has 2 aromatic heterocycles. The lowest BCUT2D eigenvalue weighted by molar-refractivity contribution is -0.117. The Balaban J connectivity index is 1.53. The number of morpholine rings is 1. The minimum atomic E-state index is -0.112. The Morgan fingerprint density at radius 2 is 2.10 bits per heavy atom. The van der Waals surface area contributed by atoms with Crippen molar-refractivity contribution in [1.29, 1.82) is 0 Å². The number of anilines is 1. The molecule has 0 aromatic carbocycles. The van der Waals surface area contributed by atoms with Crippen LogP contribution in [0.1, 0.15) is 40.8 Å². The lowest BCUT2D eigenvalue weighted by Gasteiger charge is -2.29. The van der Waals surface area contributed by atoms with Crippen LogP contribution in [0.3, 0.4) is 0 Å². The fourth-order valence-electron chi connectivity index (χ4n) is 3.80. The Morgan fingerprint density at radius 1 is 1.28 bits per heavy atom. The number of likely N-dealkylation sites (tertiary alicyclic amines) is 1. The normalized spacial score (nSPS) is 20.0. The Kier molecular flexibility index (Phi) is 6.12. The van der Waals surface area contributed by atoms with Crippen molar-refractivity contribution in [3.05, 3.63) is 34.9 Å². The van der Waals surface area contributed by atoms with Crippen molar-refractivity contribution in [1.82, 2.24) is 24.8 Å². The first-order chi connectivity index (χ1) is 14.1. The molecule has 4 rings (SSSR count). The molecule has 4 heterocycles. The van der Waals surface area contributed by atoms with Gasteiger partial charge in [-0.1, -0.05) is 0 Å². The summed E-state index contributed by atoms with van der Waals surface area (Å²) in [6, 6.07) is -0.0845. The number of nitrogens with zero attached hydrogens (tertiary/aromatic N) is 5. The highest BCUT2D eigenvalue weighted by atomic mass is 32.1. The van der Waals surface area contributed by atoms with Crippen LogP contribution >= 0.6 is 11.3 Å². The van der Waals surface area contributed by atoms with Gasteiger partial charge in [-0.15, -0.1) is 11.3 Å². The molecule has 1 atom stereocenters. The van der Waals surface area contributed by atoms with Crippen molar-refractivity contribution in [3.8, 4) is 0 Å². The molecule has 1 unspecified atom stereocenters. The Labute approximate surface area is 173 Å². The second-order valence-corrected chi connectivity index (χ2v) is 8.03. The number of hydrogen-bond donors (Lipinski definition) is 1. The highest BCUT2D eigenvalue weighted by molar-refractivity contribution is 7.13. The van der Waals surface area contributed by atoms with E-state index in [9.17, 15) is 9.59 Å². The average Bonchev–Trinajstić information content (AvgIpc) is 3.40. The van der Waals surface area contributed by atoms with Crippen LogP contribution in [0.4, 0.5) is 5.13 Å². The minimum Gasteiger partial charge on any atom is -0.378 e. The van der Waals surface area contributed by atoms with E-state index < -0.39 is 0 Å². The maximum Gasteiger partial charge on any atom is 0.257 e. The van der Waals surface area contributed by atoms with Gasteiger partial charge in [0, 0.05) is 30.9 Å². The third-order valence-corrected chi connectivity index (χ3v) is 5.86. The number of carbonyl (C=O) groups is 2. The van der Waals surface area contributed by atoms with E-state index in [4.69, 9.17) is 4.74 Å². The Bertz CT molecular complexity index is 869. The zero-order valence-corrected chi connectivity index (χ0v) is 17.2. The number of rotatable bonds is 5. The molecule has 154 valence electrons. The van der Waals surface area contributed by atoms with Gasteiger partial charge in [-0.25, -0.2) is 15.0 Å². The summed E-state index contributed by atoms with van der Waals surface area (Å²) in [5, 5.41) is 5.24. The maximum absolute atomic E-state index is 13.1. The number of ether oxygens (including phenoxy) is 1. The molecule has 0 bridgehead atoms. The van der Waals surface area contributed by atoms with Crippen LogP contribution in [0.15, 0.2) is 17.8 Å². The third-order valence-electron chi connectivity index (χ3n) is 5.17. The van der Waals surface area contributed by atoms with Gasteiger partial charge in [0.25, 0.3) is 5.91 Å². The topological polar surface area (TPSA) is 101 Å². The molecule has 2 fully saturated rings. The maximum atomic E-state index is 13.1. The van der Waals surface area contributed by atoms with Crippen molar-refractivity contribution in [2.45, 2.75) is 25.8 Å². The molecule has 2 aliphatic heterocycles. The molecule has 0 saturated carbocycles. The van der Waals surface area contributed by atoms with Gasteiger partial charge in [-0.2, -0.15) is 0 Å². The molecule has 0 spiro atoms. The van der Waals surface area contributed by atoms with Gasteiger partial charge in [0.15, 0.2) is 5.13 Å². The first-order valence-corrected chi connectivity index (χ1v) is 10.6. The summed E-state index contributed by atoms with van der Waals surface area (Å²) >= 11 is 1.39. The SMILES string of the molecule is Cc1ncc(C(=O)N2CCOCC2)c(C2CCCN2CC(=O)Nc2nccs2)n1. The monoisotopic (exact) mass is 416 g/mol. The summed E-state index contributed by atoms with van der Waals surface area (Å²) in [7, 11) is 0. The molecule has 0 aliphatic carbocycles. The lowest BCUT2D eigenvalue weighted by atomic mass is 10.0. The fourth-order valence-corrected chi connectivity index (χ4v) is 4.34. The second-order valence-electron chi connectivity index (χ2n) is 7.13. The Morgan fingerprint density at radius 3 is 2.86 bits per heavy atom. The number of aryl methyl sites for hydroxylation is 1. The van der Waals surface area contributed by atoms with E-state index in [1.165, 1.54) is 11.3 Å². The lowest BCUT2D eigenvalue weighted by Crippen LogP contribution is -2.42.